The summed E-state index contributed by atoms with van der Waals surface area (Å²) >= 11 is 2.06. The molecule has 2 aliphatic rings. The molecular weight excluding hydrogens is 202 g/mol. The zero-order valence-corrected chi connectivity index (χ0v) is 10.0. The zero-order valence-electron chi connectivity index (χ0n) is 9.22. The lowest BCUT2D eigenvalue weighted by Crippen LogP contribution is -2.40. The number of aryl methyl sites for hydroxylation is 2. The summed E-state index contributed by atoms with van der Waals surface area (Å²) in [5.74, 6) is 0. The predicted molar refractivity (Wildman–Crippen MR) is 65.5 cm³/mol. The zero-order chi connectivity index (χ0) is 10.3. The third kappa shape index (κ3) is 1.46. The van der Waals surface area contributed by atoms with Gasteiger partial charge in [-0.1, -0.05) is 6.42 Å². The van der Waals surface area contributed by atoms with E-state index < -0.39 is 0 Å². The van der Waals surface area contributed by atoms with Crippen molar-refractivity contribution in [3.63, 3.8) is 0 Å². The van der Waals surface area contributed by atoms with Crippen LogP contribution >= 0.6 is 11.3 Å². The predicted octanol–water partition coefficient (Wildman–Crippen LogP) is 3.01. The Morgan fingerprint density at radius 1 is 1.20 bits per heavy atom. The highest BCUT2D eigenvalue weighted by atomic mass is 32.1. The number of fused-ring (bicyclic) bond motifs is 1. The summed E-state index contributed by atoms with van der Waals surface area (Å²) in [6.45, 7) is 0.854. The van der Waals surface area contributed by atoms with E-state index in [-0.39, 0.29) is 0 Å². The Labute approximate surface area is 95.7 Å². The lowest BCUT2D eigenvalue weighted by Gasteiger charge is -2.40. The molecule has 3 rings (SSSR count). The Morgan fingerprint density at radius 3 is 2.60 bits per heavy atom. The molecule has 2 heteroatoms. The summed E-state index contributed by atoms with van der Waals surface area (Å²) in [5, 5.41) is 0. The van der Waals surface area contributed by atoms with Crippen LogP contribution in [-0.4, -0.2) is 6.54 Å². The van der Waals surface area contributed by atoms with Crippen LogP contribution in [0.4, 0.5) is 0 Å². The van der Waals surface area contributed by atoms with Crippen LogP contribution in [0.3, 0.4) is 0 Å². The normalized spacial score (nSPS) is 23.3. The molecule has 0 spiro atoms. The van der Waals surface area contributed by atoms with Gasteiger partial charge in [0.2, 0.25) is 0 Å². The van der Waals surface area contributed by atoms with Gasteiger partial charge in [0.25, 0.3) is 0 Å². The van der Waals surface area contributed by atoms with Gasteiger partial charge in [0.05, 0.1) is 0 Å². The summed E-state index contributed by atoms with van der Waals surface area (Å²) in [7, 11) is 0. The van der Waals surface area contributed by atoms with Gasteiger partial charge in [-0.3, -0.25) is 0 Å². The minimum absolute atomic E-state index is 0.391. The first-order valence-electron chi connectivity index (χ1n) is 6.16. The molecule has 0 atom stereocenters. The Hall–Kier alpha value is -0.340. The fraction of sp³-hybridized carbons (Fsp3) is 0.692. The van der Waals surface area contributed by atoms with Gasteiger partial charge in [0, 0.05) is 21.7 Å². The van der Waals surface area contributed by atoms with E-state index in [4.69, 9.17) is 5.73 Å². The second kappa shape index (κ2) is 3.60. The van der Waals surface area contributed by atoms with Gasteiger partial charge in [-0.25, -0.2) is 0 Å². The molecule has 2 aliphatic carbocycles. The molecule has 0 amide bonds. The van der Waals surface area contributed by atoms with Crippen molar-refractivity contribution < 1.29 is 0 Å². The highest BCUT2D eigenvalue weighted by molar-refractivity contribution is 7.12. The topological polar surface area (TPSA) is 26.0 Å². The maximum absolute atomic E-state index is 5.97. The van der Waals surface area contributed by atoms with E-state index >= 15 is 0 Å². The van der Waals surface area contributed by atoms with E-state index in [2.05, 4.69) is 17.4 Å². The second-order valence-corrected chi connectivity index (χ2v) is 6.24. The Balaban J connectivity index is 1.95. The van der Waals surface area contributed by atoms with E-state index in [0.29, 0.717) is 5.41 Å². The monoisotopic (exact) mass is 221 g/mol. The molecule has 0 aromatic carbocycles. The Kier molecular flexibility index (Phi) is 2.37. The number of nitrogens with two attached hydrogens (primary N) is 1. The first kappa shape index (κ1) is 9.86. The molecule has 15 heavy (non-hydrogen) atoms. The summed E-state index contributed by atoms with van der Waals surface area (Å²) < 4.78 is 0. The standard InChI is InChI=1S/C13H19NS/c14-9-13(6-3-7-13)12-8-10-4-1-2-5-11(10)15-12/h8H,1-7,9,14H2. The molecule has 1 saturated carbocycles. The quantitative estimate of drug-likeness (QED) is 0.816. The van der Waals surface area contributed by atoms with Crippen LogP contribution in [0.25, 0.3) is 0 Å². The van der Waals surface area contributed by atoms with Crippen molar-refractivity contribution in [2.45, 2.75) is 50.4 Å². The van der Waals surface area contributed by atoms with E-state index in [9.17, 15) is 0 Å². The number of hydrogen-bond acceptors (Lipinski definition) is 2. The lowest BCUT2D eigenvalue weighted by atomic mass is 9.68. The number of rotatable bonds is 2. The van der Waals surface area contributed by atoms with Crippen LogP contribution in [0.1, 0.15) is 47.4 Å². The molecule has 1 nitrogen and oxygen atoms in total. The molecule has 1 aromatic rings. The summed E-state index contributed by atoms with van der Waals surface area (Å²) in [4.78, 5) is 3.26. The van der Waals surface area contributed by atoms with Crippen LogP contribution in [-0.2, 0) is 18.3 Å². The van der Waals surface area contributed by atoms with E-state index in [1.54, 1.807) is 15.3 Å². The average molecular weight is 221 g/mol. The van der Waals surface area contributed by atoms with Crippen molar-refractivity contribution in [1.82, 2.24) is 0 Å². The smallest absolute Gasteiger partial charge is 0.0170 e. The summed E-state index contributed by atoms with van der Waals surface area (Å²) in [6.07, 6.45) is 9.43. The summed E-state index contributed by atoms with van der Waals surface area (Å²) in [6, 6.07) is 2.48. The molecule has 82 valence electrons. The second-order valence-electron chi connectivity index (χ2n) is 5.10. The highest BCUT2D eigenvalue weighted by Gasteiger charge is 2.39. The van der Waals surface area contributed by atoms with Crippen molar-refractivity contribution in [2.75, 3.05) is 6.54 Å². The fourth-order valence-corrected chi connectivity index (χ4v) is 4.42. The molecule has 0 unspecified atom stereocenters. The number of thiophene rings is 1. The van der Waals surface area contributed by atoms with Crippen LogP contribution in [0.2, 0.25) is 0 Å². The van der Waals surface area contributed by atoms with E-state index in [1.807, 2.05) is 0 Å². The van der Waals surface area contributed by atoms with Crippen molar-refractivity contribution >= 4 is 11.3 Å². The number of hydrogen-bond donors (Lipinski definition) is 1. The van der Waals surface area contributed by atoms with Gasteiger partial charge < -0.3 is 5.73 Å². The van der Waals surface area contributed by atoms with Crippen LogP contribution in [0.15, 0.2) is 6.07 Å². The van der Waals surface area contributed by atoms with Gasteiger partial charge in [-0.05, 0) is 50.2 Å². The minimum Gasteiger partial charge on any atom is -0.330 e. The molecule has 2 N–H and O–H groups in total. The van der Waals surface area contributed by atoms with Gasteiger partial charge in [-0.15, -0.1) is 11.3 Å². The fourth-order valence-electron chi connectivity index (χ4n) is 2.91. The molecule has 1 fully saturated rings. The van der Waals surface area contributed by atoms with Crippen molar-refractivity contribution in [3.8, 4) is 0 Å². The third-order valence-corrected chi connectivity index (χ3v) is 5.70. The Bertz CT molecular complexity index is 334. The van der Waals surface area contributed by atoms with Crippen LogP contribution in [0, 0.1) is 0 Å². The molecule has 1 aromatic heterocycles. The van der Waals surface area contributed by atoms with E-state index in [0.717, 1.165) is 6.54 Å². The highest BCUT2D eigenvalue weighted by Crippen LogP contribution is 2.47. The van der Waals surface area contributed by atoms with Gasteiger partial charge in [-0.2, -0.15) is 0 Å². The van der Waals surface area contributed by atoms with E-state index in [1.165, 1.54) is 44.9 Å². The maximum Gasteiger partial charge on any atom is 0.0170 e. The van der Waals surface area contributed by atoms with Gasteiger partial charge in [0.1, 0.15) is 0 Å². The first-order valence-corrected chi connectivity index (χ1v) is 6.98. The van der Waals surface area contributed by atoms with Crippen LogP contribution in [0.5, 0.6) is 0 Å². The molecule has 1 heterocycles. The molecule has 0 aliphatic heterocycles. The minimum atomic E-state index is 0.391. The lowest BCUT2D eigenvalue weighted by molar-refractivity contribution is 0.258. The van der Waals surface area contributed by atoms with Crippen molar-refractivity contribution in [2.24, 2.45) is 5.73 Å². The SMILES string of the molecule is NCC1(c2cc3c(s2)CCCC3)CCC1. The van der Waals surface area contributed by atoms with Crippen LogP contribution < -0.4 is 5.73 Å². The summed E-state index contributed by atoms with van der Waals surface area (Å²) in [5.41, 5.74) is 8.00. The van der Waals surface area contributed by atoms with Crippen molar-refractivity contribution in [1.29, 1.82) is 0 Å². The Morgan fingerprint density at radius 2 is 2.00 bits per heavy atom. The van der Waals surface area contributed by atoms with Crippen molar-refractivity contribution in [3.05, 3.63) is 21.4 Å². The van der Waals surface area contributed by atoms with Gasteiger partial charge >= 0.3 is 0 Å². The average Bonchev–Trinajstić information content (AvgIpc) is 2.60. The molecule has 0 saturated heterocycles. The molecule has 0 bridgehead atoms. The molecule has 0 radical (unpaired) electrons. The first-order chi connectivity index (χ1) is 7.34. The molecular formula is C13H19NS. The third-order valence-electron chi connectivity index (χ3n) is 4.22. The largest absolute Gasteiger partial charge is 0.330 e. The van der Waals surface area contributed by atoms with Gasteiger partial charge in [0.15, 0.2) is 0 Å². The maximum atomic E-state index is 5.97.